The zero-order valence-corrected chi connectivity index (χ0v) is 17.9. The number of thiocarbonyl (C=S) groups is 1. The zero-order valence-electron chi connectivity index (χ0n) is 17.1. The molecule has 0 saturated carbocycles. The number of nitrogens with one attached hydrogen (secondary N) is 3. The molecule has 0 aliphatic heterocycles. The van der Waals surface area contributed by atoms with Gasteiger partial charge in [-0.15, -0.1) is 0 Å². The topological polar surface area (TPSA) is 79.5 Å². The largest absolute Gasteiger partial charge is 0.491 e. The number of rotatable bonds is 7. The van der Waals surface area contributed by atoms with E-state index < -0.39 is 0 Å². The summed E-state index contributed by atoms with van der Waals surface area (Å²) in [6, 6.07) is 14.1. The lowest BCUT2D eigenvalue weighted by atomic mass is 10.2. The minimum absolute atomic E-state index is 0.0690. The molecule has 2 aromatic carbocycles. The fourth-order valence-electron chi connectivity index (χ4n) is 2.33. The maximum absolute atomic E-state index is 12.5. The molecule has 2 rings (SSSR count). The summed E-state index contributed by atoms with van der Waals surface area (Å²) in [5.74, 6) is 0.116. The molecule has 2 aromatic rings. The summed E-state index contributed by atoms with van der Waals surface area (Å²) in [6.07, 6.45) is 0.945. The van der Waals surface area contributed by atoms with Crippen LogP contribution in [0.2, 0.25) is 0 Å². The van der Waals surface area contributed by atoms with E-state index in [0.29, 0.717) is 22.7 Å². The van der Waals surface area contributed by atoms with Gasteiger partial charge in [0, 0.05) is 22.9 Å². The third-order valence-corrected chi connectivity index (χ3v) is 4.35. The fourth-order valence-corrected chi connectivity index (χ4v) is 2.54. The van der Waals surface area contributed by atoms with Crippen LogP contribution in [0.3, 0.4) is 0 Å². The molecule has 7 heteroatoms. The Morgan fingerprint density at radius 2 is 1.66 bits per heavy atom. The molecule has 3 N–H and O–H groups in total. The van der Waals surface area contributed by atoms with Crippen molar-refractivity contribution in [3.8, 4) is 5.75 Å². The molecule has 0 radical (unpaired) electrons. The Balaban J connectivity index is 1.98. The maximum Gasteiger partial charge on any atom is 0.257 e. The van der Waals surface area contributed by atoms with Crippen LogP contribution in [0.1, 0.15) is 44.5 Å². The van der Waals surface area contributed by atoms with Gasteiger partial charge in [0.05, 0.1) is 6.10 Å². The van der Waals surface area contributed by atoms with Crippen LogP contribution in [-0.4, -0.2) is 23.0 Å². The van der Waals surface area contributed by atoms with Crippen LogP contribution in [0.25, 0.3) is 0 Å². The highest BCUT2D eigenvalue weighted by molar-refractivity contribution is 7.80. The lowest BCUT2D eigenvalue weighted by Gasteiger charge is -2.14. The monoisotopic (exact) mass is 413 g/mol. The van der Waals surface area contributed by atoms with Crippen molar-refractivity contribution >= 4 is 40.5 Å². The number of carbonyl (C=O) groups is 2. The minimum atomic E-state index is -0.332. The van der Waals surface area contributed by atoms with Gasteiger partial charge < -0.3 is 15.4 Å². The molecule has 0 bridgehead atoms. The zero-order chi connectivity index (χ0) is 21.4. The van der Waals surface area contributed by atoms with Gasteiger partial charge in [-0.05, 0) is 62.0 Å². The van der Waals surface area contributed by atoms with Crippen molar-refractivity contribution in [3.63, 3.8) is 0 Å². The Bertz CT molecular complexity index is 883. The van der Waals surface area contributed by atoms with E-state index >= 15 is 0 Å². The van der Waals surface area contributed by atoms with Crippen LogP contribution < -0.4 is 20.7 Å². The Kier molecular flexibility index (Phi) is 8.15. The first-order valence-electron chi connectivity index (χ1n) is 9.58. The van der Waals surface area contributed by atoms with E-state index in [-0.39, 0.29) is 28.9 Å². The van der Waals surface area contributed by atoms with Gasteiger partial charge in [0.1, 0.15) is 5.75 Å². The van der Waals surface area contributed by atoms with E-state index in [1.54, 1.807) is 42.5 Å². The predicted octanol–water partition coefficient (Wildman–Crippen LogP) is 4.59. The molecule has 0 aliphatic rings. The van der Waals surface area contributed by atoms with Gasteiger partial charge in [-0.2, -0.15) is 0 Å². The first kappa shape index (κ1) is 22.4. The smallest absolute Gasteiger partial charge is 0.257 e. The van der Waals surface area contributed by atoms with Crippen LogP contribution in [0, 0.1) is 5.92 Å². The van der Waals surface area contributed by atoms with E-state index in [1.807, 2.05) is 33.8 Å². The number of ether oxygens (including phenoxy) is 1. The number of hydrogen-bond donors (Lipinski definition) is 3. The molecule has 1 atom stereocenters. The fraction of sp³-hybridized carbons (Fsp3) is 0.318. The number of benzene rings is 2. The number of carbonyl (C=O) groups excluding carboxylic acids is 2. The average Bonchev–Trinajstić information content (AvgIpc) is 2.68. The van der Waals surface area contributed by atoms with Crippen molar-refractivity contribution in [1.29, 1.82) is 0 Å². The second kappa shape index (κ2) is 10.6. The second-order valence-electron chi connectivity index (χ2n) is 7.00. The Labute approximate surface area is 177 Å². The highest BCUT2D eigenvalue weighted by Crippen LogP contribution is 2.17. The lowest BCUT2D eigenvalue weighted by Crippen LogP contribution is -2.34. The van der Waals surface area contributed by atoms with Crippen molar-refractivity contribution < 1.29 is 14.3 Å². The van der Waals surface area contributed by atoms with Crippen LogP contribution in [0.4, 0.5) is 11.4 Å². The van der Waals surface area contributed by atoms with E-state index in [2.05, 4.69) is 16.0 Å². The quantitative estimate of drug-likeness (QED) is 0.579. The molecule has 0 aliphatic carbocycles. The molecule has 29 heavy (non-hydrogen) atoms. The van der Waals surface area contributed by atoms with E-state index in [9.17, 15) is 9.59 Å². The Morgan fingerprint density at radius 3 is 2.31 bits per heavy atom. The Morgan fingerprint density at radius 1 is 1.00 bits per heavy atom. The summed E-state index contributed by atoms with van der Waals surface area (Å²) in [6.45, 7) is 7.66. The van der Waals surface area contributed by atoms with Crippen LogP contribution in [0.15, 0.2) is 48.5 Å². The molecule has 6 nitrogen and oxygen atoms in total. The third kappa shape index (κ3) is 7.19. The van der Waals surface area contributed by atoms with Crippen LogP contribution in [0.5, 0.6) is 5.75 Å². The predicted molar refractivity (Wildman–Crippen MR) is 120 cm³/mol. The summed E-state index contributed by atoms with van der Waals surface area (Å²) in [7, 11) is 0. The van der Waals surface area contributed by atoms with E-state index in [0.717, 1.165) is 6.42 Å². The number of amides is 2. The maximum atomic E-state index is 12.5. The van der Waals surface area contributed by atoms with Gasteiger partial charge in [-0.3, -0.25) is 14.9 Å². The van der Waals surface area contributed by atoms with Crippen molar-refractivity contribution in [1.82, 2.24) is 5.32 Å². The molecule has 0 fully saturated rings. The standard InChI is InChI=1S/C22H27N3O3S/c1-5-15(4)28-19-11-6-8-16(12-19)21(27)25-22(29)24-18-10-7-9-17(13-18)23-20(26)14(2)3/h6-15H,5H2,1-4H3,(H,23,26)(H2,24,25,27,29)/t15-/m1/s1. The molecular weight excluding hydrogens is 386 g/mol. The van der Waals surface area contributed by atoms with Gasteiger partial charge in [0.25, 0.3) is 5.91 Å². The number of hydrogen-bond acceptors (Lipinski definition) is 4. The Hall–Kier alpha value is -2.93. The molecule has 0 heterocycles. The van der Waals surface area contributed by atoms with Crippen molar-refractivity contribution in [2.45, 2.75) is 40.2 Å². The van der Waals surface area contributed by atoms with Gasteiger partial charge >= 0.3 is 0 Å². The van der Waals surface area contributed by atoms with E-state index in [4.69, 9.17) is 17.0 Å². The third-order valence-electron chi connectivity index (χ3n) is 4.15. The molecule has 0 unspecified atom stereocenters. The van der Waals surface area contributed by atoms with Crippen molar-refractivity contribution in [2.75, 3.05) is 10.6 Å². The van der Waals surface area contributed by atoms with Crippen molar-refractivity contribution in [3.05, 3.63) is 54.1 Å². The van der Waals surface area contributed by atoms with Gasteiger partial charge in [0.2, 0.25) is 5.91 Å². The summed E-state index contributed by atoms with van der Waals surface area (Å²) in [5, 5.41) is 8.60. The van der Waals surface area contributed by atoms with Crippen LogP contribution in [-0.2, 0) is 4.79 Å². The first-order valence-corrected chi connectivity index (χ1v) is 9.99. The molecule has 0 saturated heterocycles. The first-order chi connectivity index (χ1) is 13.8. The lowest BCUT2D eigenvalue weighted by molar-refractivity contribution is -0.118. The molecule has 2 amide bonds. The van der Waals surface area contributed by atoms with Gasteiger partial charge in [-0.25, -0.2) is 0 Å². The molecule has 0 aromatic heterocycles. The minimum Gasteiger partial charge on any atom is -0.491 e. The SMILES string of the molecule is CC[C@@H](C)Oc1cccc(C(=O)NC(=S)Nc2cccc(NC(=O)C(C)C)c2)c1. The van der Waals surface area contributed by atoms with E-state index in [1.165, 1.54) is 0 Å². The van der Waals surface area contributed by atoms with Crippen molar-refractivity contribution in [2.24, 2.45) is 5.92 Å². The summed E-state index contributed by atoms with van der Waals surface area (Å²) in [4.78, 5) is 24.3. The molecule has 0 spiro atoms. The normalized spacial score (nSPS) is 11.5. The number of anilines is 2. The highest BCUT2D eigenvalue weighted by atomic mass is 32.1. The van der Waals surface area contributed by atoms with Gasteiger partial charge in [-0.1, -0.05) is 32.9 Å². The molecular formula is C22H27N3O3S. The van der Waals surface area contributed by atoms with Crippen LogP contribution >= 0.6 is 12.2 Å². The van der Waals surface area contributed by atoms with Gasteiger partial charge in [0.15, 0.2) is 5.11 Å². The summed E-state index contributed by atoms with van der Waals surface area (Å²) < 4.78 is 5.75. The average molecular weight is 414 g/mol. The second-order valence-corrected chi connectivity index (χ2v) is 7.41. The molecule has 154 valence electrons. The summed E-state index contributed by atoms with van der Waals surface area (Å²) >= 11 is 5.24. The summed E-state index contributed by atoms with van der Waals surface area (Å²) in [5.41, 5.74) is 1.76. The highest BCUT2D eigenvalue weighted by Gasteiger charge is 2.11.